The largest absolute Gasteiger partial charge is 0.494 e. The van der Waals surface area contributed by atoms with Gasteiger partial charge in [-0.1, -0.05) is 25.0 Å². The molecule has 0 N–H and O–H groups in total. The summed E-state index contributed by atoms with van der Waals surface area (Å²) < 4.78 is 44.3. The van der Waals surface area contributed by atoms with E-state index in [1.54, 1.807) is 37.0 Å². The number of aromatic nitrogens is 5. The number of sulfone groups is 1. The highest BCUT2D eigenvalue weighted by atomic mass is 32.2. The molecule has 1 fully saturated rings. The minimum Gasteiger partial charge on any atom is -0.494 e. The van der Waals surface area contributed by atoms with E-state index in [0.717, 1.165) is 12.8 Å². The van der Waals surface area contributed by atoms with Gasteiger partial charge in [0.2, 0.25) is 5.88 Å². The monoisotopic (exact) mass is 523 g/mol. The molecule has 0 amide bonds. The number of rotatable bonds is 11. The summed E-state index contributed by atoms with van der Waals surface area (Å²) in [6.45, 7) is 2.35. The smallest absolute Gasteiger partial charge is 0.213 e. The van der Waals surface area contributed by atoms with Gasteiger partial charge in [-0.15, -0.1) is 0 Å². The highest BCUT2D eigenvalue weighted by molar-refractivity contribution is 7.90. The summed E-state index contributed by atoms with van der Waals surface area (Å²) in [5.74, 6) is 2.42. The van der Waals surface area contributed by atoms with Gasteiger partial charge in [-0.3, -0.25) is 4.57 Å². The van der Waals surface area contributed by atoms with Gasteiger partial charge in [-0.2, -0.15) is 0 Å². The average molecular weight is 524 g/mol. The summed E-state index contributed by atoms with van der Waals surface area (Å²) in [6, 6.07) is 10.8. The minimum absolute atomic E-state index is 0.149. The maximum atomic E-state index is 12.8. The van der Waals surface area contributed by atoms with Gasteiger partial charge >= 0.3 is 0 Å². The fourth-order valence-corrected chi connectivity index (χ4v) is 5.64. The van der Waals surface area contributed by atoms with Crippen LogP contribution in [0, 0.1) is 5.92 Å². The first-order valence-electron chi connectivity index (χ1n) is 12.2. The number of hydrogen-bond acceptors (Lipinski definition) is 9. The molecule has 1 saturated carbocycles. The number of para-hydroxylation sites is 1. The van der Waals surface area contributed by atoms with Crippen molar-refractivity contribution in [1.82, 2.24) is 24.5 Å². The van der Waals surface area contributed by atoms with Gasteiger partial charge in [0.25, 0.3) is 0 Å². The minimum atomic E-state index is -3.33. The molecule has 0 radical (unpaired) electrons. The zero-order valence-corrected chi connectivity index (χ0v) is 21.9. The molecule has 1 aromatic carbocycles. The first-order chi connectivity index (χ1) is 17.9. The van der Waals surface area contributed by atoms with Gasteiger partial charge in [0.1, 0.15) is 22.9 Å². The normalized spacial score (nSPS) is 13.6. The molecule has 1 aliphatic carbocycles. The third-order valence-corrected chi connectivity index (χ3v) is 7.79. The second-order valence-electron chi connectivity index (χ2n) is 8.91. The van der Waals surface area contributed by atoms with E-state index in [-0.39, 0.29) is 11.5 Å². The van der Waals surface area contributed by atoms with Crippen LogP contribution in [0.25, 0.3) is 28.5 Å². The number of hydrogen-bond donors (Lipinski definition) is 0. The molecule has 0 atom stereocenters. The van der Waals surface area contributed by atoms with Gasteiger partial charge in [-0.05, 0) is 37.5 Å². The number of nitrogens with zero attached hydrogens (tertiary/aromatic N) is 5. The van der Waals surface area contributed by atoms with E-state index < -0.39 is 9.84 Å². The van der Waals surface area contributed by atoms with Crippen molar-refractivity contribution >= 4 is 21.1 Å². The van der Waals surface area contributed by atoms with Gasteiger partial charge in [-0.25, -0.2) is 28.4 Å². The molecule has 10 nitrogen and oxygen atoms in total. The summed E-state index contributed by atoms with van der Waals surface area (Å²) >= 11 is 0. The summed E-state index contributed by atoms with van der Waals surface area (Å²) in [6.07, 6.45) is 4.40. The molecule has 1 aliphatic rings. The highest BCUT2D eigenvalue weighted by Gasteiger charge is 2.26. The van der Waals surface area contributed by atoms with E-state index >= 15 is 0 Å². The predicted octanol–water partition coefficient (Wildman–Crippen LogP) is 4.01. The Labute approximate surface area is 215 Å². The van der Waals surface area contributed by atoms with E-state index in [2.05, 4.69) is 9.97 Å². The Morgan fingerprint density at radius 3 is 2.41 bits per heavy atom. The summed E-state index contributed by atoms with van der Waals surface area (Å²) in [7, 11) is -0.201. The molecule has 4 aromatic rings. The average Bonchev–Trinajstić information content (AvgIpc) is 3.66. The number of ether oxygens (including phenoxy) is 3. The van der Waals surface area contributed by atoms with Crippen molar-refractivity contribution in [2.45, 2.75) is 31.9 Å². The van der Waals surface area contributed by atoms with Gasteiger partial charge < -0.3 is 14.2 Å². The summed E-state index contributed by atoms with van der Waals surface area (Å²) in [5, 5.41) is 0. The van der Waals surface area contributed by atoms with Crippen LogP contribution in [0.15, 0.2) is 42.6 Å². The zero-order valence-electron chi connectivity index (χ0n) is 21.0. The van der Waals surface area contributed by atoms with E-state index in [1.165, 1.54) is 6.20 Å². The number of methoxy groups -OCH3 is 2. The lowest BCUT2D eigenvalue weighted by Gasteiger charge is -2.16. The first kappa shape index (κ1) is 24.9. The van der Waals surface area contributed by atoms with Crippen molar-refractivity contribution in [2.75, 3.05) is 26.6 Å². The van der Waals surface area contributed by atoms with Crippen LogP contribution < -0.4 is 14.2 Å². The molecule has 3 heterocycles. The standard InChI is InChI=1S/C26H29N5O5S/c1-4-36-22-10-5-7-19(29-22)25-30-24-26(31(25)23-20(34-2)8-6-9-21(23)35-3)28-18(15-27-24)16-37(32,33)14-13-17-11-12-17/h5-10,15,17H,4,11-14,16H2,1-3H3. The van der Waals surface area contributed by atoms with Crippen LogP contribution in [0.1, 0.15) is 31.9 Å². The third-order valence-electron chi connectivity index (χ3n) is 6.19. The molecule has 194 valence electrons. The molecule has 37 heavy (non-hydrogen) atoms. The molecular formula is C26H29N5O5S. The number of fused-ring (bicyclic) bond motifs is 1. The fraction of sp³-hybridized carbons (Fsp3) is 0.385. The van der Waals surface area contributed by atoms with E-state index in [1.807, 2.05) is 25.1 Å². The van der Waals surface area contributed by atoms with Gasteiger partial charge in [0, 0.05) is 6.07 Å². The quantitative estimate of drug-likeness (QED) is 0.287. The Morgan fingerprint density at radius 1 is 1.00 bits per heavy atom. The Kier molecular flexibility index (Phi) is 6.96. The lowest BCUT2D eigenvalue weighted by molar-refractivity contribution is 0.327. The Hall–Kier alpha value is -3.73. The molecule has 0 spiro atoms. The van der Waals surface area contributed by atoms with E-state index in [0.29, 0.717) is 70.5 Å². The molecule has 3 aromatic heterocycles. The topological polar surface area (TPSA) is 118 Å². The van der Waals surface area contributed by atoms with Crippen LogP contribution in [0.2, 0.25) is 0 Å². The SMILES string of the molecule is CCOc1cccc(-c2nc3ncc(CS(=O)(=O)CCC4CC4)nc3n2-c2c(OC)cccc2OC)n1. The zero-order chi connectivity index (χ0) is 26.0. The third kappa shape index (κ3) is 5.36. The number of pyridine rings is 1. The van der Waals surface area contributed by atoms with Crippen molar-refractivity contribution in [3.63, 3.8) is 0 Å². The van der Waals surface area contributed by atoms with Crippen molar-refractivity contribution in [3.05, 3.63) is 48.3 Å². The van der Waals surface area contributed by atoms with E-state index in [9.17, 15) is 8.42 Å². The van der Waals surface area contributed by atoms with Crippen LogP contribution in [0.3, 0.4) is 0 Å². The molecule has 0 bridgehead atoms. The Bertz CT molecular complexity index is 1510. The second-order valence-corrected chi connectivity index (χ2v) is 11.1. The van der Waals surface area contributed by atoms with Gasteiger partial charge in [0.05, 0.1) is 44.2 Å². The van der Waals surface area contributed by atoms with Crippen molar-refractivity contribution in [2.24, 2.45) is 5.92 Å². The van der Waals surface area contributed by atoms with Crippen LogP contribution in [-0.4, -0.2) is 59.5 Å². The number of imidazole rings is 1. The van der Waals surface area contributed by atoms with E-state index in [4.69, 9.17) is 24.2 Å². The van der Waals surface area contributed by atoms with Crippen molar-refractivity contribution in [1.29, 1.82) is 0 Å². The van der Waals surface area contributed by atoms with Crippen LogP contribution in [0.4, 0.5) is 0 Å². The Balaban J connectivity index is 1.68. The summed E-state index contributed by atoms with van der Waals surface area (Å²) in [4.78, 5) is 18.5. The molecular weight excluding hydrogens is 494 g/mol. The number of benzene rings is 1. The lowest BCUT2D eigenvalue weighted by atomic mass is 10.2. The fourth-order valence-electron chi connectivity index (χ4n) is 4.21. The first-order valence-corrected chi connectivity index (χ1v) is 14.0. The molecule has 11 heteroatoms. The van der Waals surface area contributed by atoms with Crippen molar-refractivity contribution in [3.8, 4) is 34.6 Å². The van der Waals surface area contributed by atoms with Gasteiger partial charge in [0.15, 0.2) is 27.0 Å². The molecule has 5 rings (SSSR count). The maximum Gasteiger partial charge on any atom is 0.213 e. The van der Waals surface area contributed by atoms with Crippen molar-refractivity contribution < 1.29 is 22.6 Å². The van der Waals surface area contributed by atoms with Crippen LogP contribution >= 0.6 is 0 Å². The molecule has 0 aliphatic heterocycles. The van der Waals surface area contributed by atoms with Crippen LogP contribution in [0.5, 0.6) is 17.4 Å². The summed E-state index contributed by atoms with van der Waals surface area (Å²) in [5.41, 5.74) is 2.14. The predicted molar refractivity (Wildman–Crippen MR) is 139 cm³/mol. The molecule has 0 saturated heterocycles. The molecule has 0 unspecified atom stereocenters. The van der Waals surface area contributed by atoms with Crippen LogP contribution in [-0.2, 0) is 15.6 Å². The highest BCUT2D eigenvalue weighted by Crippen LogP contribution is 2.38. The lowest BCUT2D eigenvalue weighted by Crippen LogP contribution is -2.12. The second kappa shape index (κ2) is 10.3. The Morgan fingerprint density at radius 2 is 1.73 bits per heavy atom. The maximum absolute atomic E-state index is 12.8.